The molecular weight excluding hydrogens is 452 g/mol. The zero-order valence-electron chi connectivity index (χ0n) is 21.2. The monoisotopic (exact) mass is 488 g/mol. The topological polar surface area (TPSA) is 49.4 Å². The van der Waals surface area contributed by atoms with Gasteiger partial charge in [-0.15, -0.1) is 11.8 Å². The van der Waals surface area contributed by atoms with E-state index < -0.39 is 6.04 Å². The first-order chi connectivity index (χ1) is 16.9. The molecule has 3 rings (SSSR count). The first-order valence-electron chi connectivity index (χ1n) is 12.2. The van der Waals surface area contributed by atoms with E-state index in [0.717, 1.165) is 28.0 Å². The smallest absolute Gasteiger partial charge is 0.243 e. The predicted octanol–water partition coefficient (Wildman–Crippen LogP) is 5.95. The van der Waals surface area contributed by atoms with Gasteiger partial charge in [0.25, 0.3) is 0 Å². The van der Waals surface area contributed by atoms with E-state index in [1.54, 1.807) is 4.90 Å². The Bertz CT molecular complexity index is 1080. The second-order valence-corrected chi connectivity index (χ2v) is 10.2. The molecule has 0 aliphatic rings. The lowest BCUT2D eigenvalue weighted by Gasteiger charge is -2.32. The van der Waals surface area contributed by atoms with Gasteiger partial charge in [0.05, 0.1) is 5.75 Å². The van der Waals surface area contributed by atoms with Gasteiger partial charge in [0.2, 0.25) is 11.8 Å². The van der Waals surface area contributed by atoms with Crippen molar-refractivity contribution >= 4 is 23.6 Å². The summed E-state index contributed by atoms with van der Waals surface area (Å²) >= 11 is 1.51. The Labute approximate surface area is 214 Å². The van der Waals surface area contributed by atoms with Crippen LogP contribution in [0.2, 0.25) is 0 Å². The molecule has 184 valence electrons. The molecule has 0 saturated heterocycles. The number of hydrogen-bond acceptors (Lipinski definition) is 3. The van der Waals surface area contributed by atoms with Gasteiger partial charge in [0.15, 0.2) is 0 Å². The molecule has 2 atom stereocenters. The molecular formula is C30H36N2O2S. The first kappa shape index (κ1) is 26.6. The number of nitrogens with one attached hydrogen (secondary N) is 1. The van der Waals surface area contributed by atoms with E-state index >= 15 is 0 Å². The van der Waals surface area contributed by atoms with E-state index in [0.29, 0.717) is 13.0 Å². The predicted molar refractivity (Wildman–Crippen MR) is 145 cm³/mol. The molecule has 1 N–H and O–H groups in total. The van der Waals surface area contributed by atoms with Crippen LogP contribution in [0.5, 0.6) is 0 Å². The second kappa shape index (κ2) is 13.1. The van der Waals surface area contributed by atoms with Crippen molar-refractivity contribution in [2.24, 2.45) is 0 Å². The van der Waals surface area contributed by atoms with Crippen molar-refractivity contribution in [2.75, 3.05) is 5.75 Å². The summed E-state index contributed by atoms with van der Waals surface area (Å²) in [6.07, 6.45) is 1.30. The summed E-state index contributed by atoms with van der Waals surface area (Å²) in [7, 11) is 0. The molecule has 0 bridgehead atoms. The van der Waals surface area contributed by atoms with Gasteiger partial charge in [0.1, 0.15) is 6.04 Å². The minimum atomic E-state index is -0.598. The largest absolute Gasteiger partial charge is 0.352 e. The molecule has 0 aliphatic carbocycles. The Morgan fingerprint density at radius 2 is 1.46 bits per heavy atom. The highest BCUT2D eigenvalue weighted by molar-refractivity contribution is 8.00. The van der Waals surface area contributed by atoms with Crippen molar-refractivity contribution in [3.8, 4) is 0 Å². The van der Waals surface area contributed by atoms with Crippen molar-refractivity contribution < 1.29 is 9.59 Å². The first-order valence-corrected chi connectivity index (χ1v) is 13.2. The summed E-state index contributed by atoms with van der Waals surface area (Å²) < 4.78 is 0. The molecule has 0 unspecified atom stereocenters. The number of amides is 2. The van der Waals surface area contributed by atoms with Crippen LogP contribution >= 0.6 is 11.8 Å². The average molecular weight is 489 g/mol. The number of benzene rings is 3. The van der Waals surface area contributed by atoms with Crippen molar-refractivity contribution in [1.29, 1.82) is 0 Å². The lowest BCUT2D eigenvalue weighted by Crippen LogP contribution is -2.52. The molecule has 2 amide bonds. The highest BCUT2D eigenvalue weighted by Crippen LogP contribution is 2.22. The molecule has 0 saturated carbocycles. The van der Waals surface area contributed by atoms with Crippen LogP contribution < -0.4 is 5.32 Å². The van der Waals surface area contributed by atoms with Crippen LogP contribution in [0.3, 0.4) is 0 Å². The average Bonchev–Trinajstić information content (AvgIpc) is 2.87. The molecule has 35 heavy (non-hydrogen) atoms. The van der Waals surface area contributed by atoms with Crippen molar-refractivity contribution in [3.05, 3.63) is 101 Å². The molecule has 3 aromatic carbocycles. The van der Waals surface area contributed by atoms with E-state index in [1.807, 2.05) is 94.4 Å². The summed E-state index contributed by atoms with van der Waals surface area (Å²) in [6.45, 7) is 8.52. The normalized spacial score (nSPS) is 12.6. The Balaban J connectivity index is 1.89. The van der Waals surface area contributed by atoms with Gasteiger partial charge in [0, 0.05) is 23.9 Å². The molecule has 0 aliphatic heterocycles. The Morgan fingerprint density at radius 1 is 0.857 bits per heavy atom. The Kier molecular flexibility index (Phi) is 9.98. The summed E-state index contributed by atoms with van der Waals surface area (Å²) in [5, 5.41) is 3.12. The fourth-order valence-corrected chi connectivity index (χ4v) is 4.53. The van der Waals surface area contributed by atoms with Gasteiger partial charge in [-0.05, 0) is 50.5 Å². The van der Waals surface area contributed by atoms with Crippen LogP contribution in [0.25, 0.3) is 0 Å². The van der Waals surface area contributed by atoms with Gasteiger partial charge < -0.3 is 10.2 Å². The van der Waals surface area contributed by atoms with Crippen LogP contribution in [-0.2, 0) is 22.6 Å². The number of hydrogen-bond donors (Lipinski definition) is 1. The van der Waals surface area contributed by atoms with Crippen LogP contribution in [0.4, 0.5) is 0 Å². The minimum absolute atomic E-state index is 0.0408. The SMILES string of the molecule is CC[C@H](C)NC(=O)[C@@H](Cc1ccccc1)N(Cc1ccc(C)cc1)C(=O)CSc1ccc(C)cc1. The Morgan fingerprint density at radius 3 is 2.06 bits per heavy atom. The highest BCUT2D eigenvalue weighted by atomic mass is 32.2. The van der Waals surface area contributed by atoms with Crippen LogP contribution in [-0.4, -0.2) is 34.6 Å². The molecule has 5 heteroatoms. The fourth-order valence-electron chi connectivity index (χ4n) is 3.75. The van der Waals surface area contributed by atoms with Crippen LogP contribution in [0.15, 0.2) is 83.8 Å². The maximum atomic E-state index is 13.7. The lowest BCUT2D eigenvalue weighted by atomic mass is 10.0. The molecule has 0 fully saturated rings. The van der Waals surface area contributed by atoms with Crippen molar-refractivity contribution in [1.82, 2.24) is 10.2 Å². The van der Waals surface area contributed by atoms with Crippen molar-refractivity contribution in [2.45, 2.75) is 64.1 Å². The quantitative estimate of drug-likeness (QED) is 0.339. The van der Waals surface area contributed by atoms with Gasteiger partial charge in [-0.1, -0.05) is 84.8 Å². The number of carbonyl (C=O) groups is 2. The molecule has 0 spiro atoms. The van der Waals surface area contributed by atoms with E-state index in [-0.39, 0.29) is 23.6 Å². The zero-order chi connectivity index (χ0) is 25.2. The van der Waals surface area contributed by atoms with Gasteiger partial charge in [-0.25, -0.2) is 0 Å². The maximum absolute atomic E-state index is 13.7. The second-order valence-electron chi connectivity index (χ2n) is 9.13. The van der Waals surface area contributed by atoms with Crippen molar-refractivity contribution in [3.63, 3.8) is 0 Å². The van der Waals surface area contributed by atoms with E-state index in [1.165, 1.54) is 17.3 Å². The van der Waals surface area contributed by atoms with Gasteiger partial charge >= 0.3 is 0 Å². The molecule has 3 aromatic rings. The highest BCUT2D eigenvalue weighted by Gasteiger charge is 2.30. The molecule has 0 radical (unpaired) electrons. The third kappa shape index (κ3) is 8.29. The number of nitrogens with zero attached hydrogens (tertiary/aromatic N) is 1. The number of thioether (sulfide) groups is 1. The summed E-state index contributed by atoms with van der Waals surface area (Å²) in [4.78, 5) is 30.0. The maximum Gasteiger partial charge on any atom is 0.243 e. The van der Waals surface area contributed by atoms with Crippen LogP contribution in [0, 0.1) is 13.8 Å². The number of rotatable bonds is 11. The summed E-state index contributed by atoms with van der Waals surface area (Å²) in [5.41, 5.74) is 4.39. The molecule has 4 nitrogen and oxygen atoms in total. The van der Waals surface area contributed by atoms with E-state index in [9.17, 15) is 9.59 Å². The fraction of sp³-hybridized carbons (Fsp3) is 0.333. The molecule has 0 heterocycles. The third-order valence-corrected chi connectivity index (χ3v) is 7.13. The number of carbonyl (C=O) groups excluding carboxylic acids is 2. The standard InChI is InChI=1S/C30H36N2O2S/c1-5-24(4)31-30(34)28(19-25-9-7-6-8-10-25)32(20-26-15-11-22(2)12-16-26)29(33)21-35-27-17-13-23(3)14-18-27/h6-18,24,28H,5,19-21H2,1-4H3,(H,31,34)/t24-,28+/m0/s1. The van der Waals surface area contributed by atoms with Gasteiger partial charge in [-0.2, -0.15) is 0 Å². The zero-order valence-corrected chi connectivity index (χ0v) is 22.0. The van der Waals surface area contributed by atoms with Gasteiger partial charge in [-0.3, -0.25) is 9.59 Å². The van der Waals surface area contributed by atoms with Crippen LogP contribution in [0.1, 0.15) is 42.5 Å². The molecule has 0 aromatic heterocycles. The third-order valence-electron chi connectivity index (χ3n) is 6.13. The minimum Gasteiger partial charge on any atom is -0.352 e. The lowest BCUT2D eigenvalue weighted by molar-refractivity contribution is -0.139. The number of aryl methyl sites for hydroxylation is 2. The van der Waals surface area contributed by atoms with E-state index in [4.69, 9.17) is 0 Å². The summed E-state index contributed by atoms with van der Waals surface area (Å²) in [6, 6.07) is 25.7. The Hall–Kier alpha value is -3.05. The van der Waals surface area contributed by atoms with E-state index in [2.05, 4.69) is 17.4 Å². The summed E-state index contributed by atoms with van der Waals surface area (Å²) in [5.74, 6) is 0.122.